The van der Waals surface area contributed by atoms with Crippen molar-refractivity contribution in [2.75, 3.05) is 26.3 Å². The number of carbonyl (C=O) groups is 2. The predicted molar refractivity (Wildman–Crippen MR) is 37.5 cm³/mol. The fourth-order valence-corrected chi connectivity index (χ4v) is 0.448. The van der Waals surface area contributed by atoms with Crippen LogP contribution in [0.4, 0.5) is 0 Å². The Balaban J connectivity index is 3.25. The van der Waals surface area contributed by atoms with Gasteiger partial charge in [0.05, 0.1) is 6.61 Å². The summed E-state index contributed by atoms with van der Waals surface area (Å²) in [6.45, 7) is -1.02. The molecule has 0 aliphatic carbocycles. The number of ether oxygens (including phenoxy) is 1. The highest BCUT2D eigenvalue weighted by atomic mass is 16.5. The molecule has 0 aromatic heterocycles. The number of aliphatic hydroxyl groups is 1. The van der Waals surface area contributed by atoms with Crippen molar-refractivity contribution in [2.24, 2.45) is 0 Å². The van der Waals surface area contributed by atoms with Crippen LogP contribution < -0.4 is 5.32 Å². The molecule has 0 atom stereocenters. The fraction of sp³-hybridized carbons (Fsp3) is 0.667. The van der Waals surface area contributed by atoms with E-state index in [1.54, 1.807) is 0 Å². The number of aliphatic carboxylic acids is 1. The molecule has 0 rings (SSSR count). The number of carboxylic acid groups (broad SMARTS) is 1. The van der Waals surface area contributed by atoms with E-state index in [1.807, 2.05) is 0 Å². The van der Waals surface area contributed by atoms with Gasteiger partial charge in [-0.25, -0.2) is 5.32 Å². The Labute approximate surface area is 69.1 Å². The summed E-state index contributed by atoms with van der Waals surface area (Å²) in [7, 11) is 0. The van der Waals surface area contributed by atoms with Gasteiger partial charge in [0.15, 0.2) is 0 Å². The molecule has 0 aliphatic rings. The van der Waals surface area contributed by atoms with Crippen LogP contribution in [0.3, 0.4) is 0 Å². The molecule has 0 saturated carbocycles. The molecule has 12 heavy (non-hydrogen) atoms. The second kappa shape index (κ2) is 6.56. The number of esters is 1. The van der Waals surface area contributed by atoms with E-state index in [-0.39, 0.29) is 19.8 Å². The first-order valence-electron chi connectivity index (χ1n) is 3.28. The fourth-order valence-electron chi connectivity index (χ4n) is 0.448. The van der Waals surface area contributed by atoms with Crippen LogP contribution in [-0.4, -0.2) is 48.5 Å². The standard InChI is InChI=1S/C6H10NO5/c8-1-2-12-6(11)4-7-3-5(9)10/h8H,1-4H2,(H,9,10). The summed E-state index contributed by atoms with van der Waals surface area (Å²) >= 11 is 0. The maximum atomic E-state index is 10.6. The second-order valence-electron chi connectivity index (χ2n) is 1.88. The molecule has 0 fully saturated rings. The van der Waals surface area contributed by atoms with E-state index in [0.29, 0.717) is 0 Å². The van der Waals surface area contributed by atoms with Crippen LogP contribution in [0.2, 0.25) is 0 Å². The van der Waals surface area contributed by atoms with Crippen LogP contribution in [0, 0.1) is 0 Å². The average molecular weight is 176 g/mol. The minimum absolute atomic E-state index is 0.0819. The van der Waals surface area contributed by atoms with Gasteiger partial charge >= 0.3 is 11.9 Å². The number of carbonyl (C=O) groups excluding carboxylic acids is 1. The maximum Gasteiger partial charge on any atom is 0.321 e. The summed E-state index contributed by atoms with van der Waals surface area (Å²) in [5.41, 5.74) is 0. The lowest BCUT2D eigenvalue weighted by molar-refractivity contribution is -0.143. The van der Waals surface area contributed by atoms with Gasteiger partial charge in [0.25, 0.3) is 0 Å². The molecule has 69 valence electrons. The molecule has 0 bridgehead atoms. The molecule has 0 saturated heterocycles. The van der Waals surface area contributed by atoms with Crippen LogP contribution in [0.25, 0.3) is 0 Å². The zero-order valence-electron chi connectivity index (χ0n) is 6.39. The Morgan fingerprint density at radius 2 is 2.00 bits per heavy atom. The van der Waals surface area contributed by atoms with Crippen molar-refractivity contribution >= 4 is 11.9 Å². The highest BCUT2D eigenvalue weighted by Gasteiger charge is 2.03. The number of carboxylic acids is 1. The largest absolute Gasteiger partial charge is 0.480 e. The van der Waals surface area contributed by atoms with Crippen LogP contribution in [-0.2, 0) is 14.3 Å². The molecular weight excluding hydrogens is 166 g/mol. The van der Waals surface area contributed by atoms with Crippen molar-refractivity contribution in [3.05, 3.63) is 0 Å². The van der Waals surface area contributed by atoms with Crippen LogP contribution in [0.15, 0.2) is 0 Å². The molecule has 2 N–H and O–H groups in total. The van der Waals surface area contributed by atoms with Gasteiger partial charge in [0, 0.05) is 0 Å². The molecule has 0 aromatic rings. The first kappa shape index (κ1) is 10.9. The normalized spacial score (nSPS) is 9.42. The molecule has 0 spiro atoms. The summed E-state index contributed by atoms with van der Waals surface area (Å²) in [6, 6.07) is 0. The highest BCUT2D eigenvalue weighted by Crippen LogP contribution is 1.76. The van der Waals surface area contributed by atoms with Gasteiger partial charge < -0.3 is 14.9 Å². The molecule has 1 radical (unpaired) electrons. The summed E-state index contributed by atoms with van der Waals surface area (Å²) in [4.78, 5) is 20.5. The van der Waals surface area contributed by atoms with E-state index in [4.69, 9.17) is 10.2 Å². The lowest BCUT2D eigenvalue weighted by Crippen LogP contribution is -2.24. The monoisotopic (exact) mass is 176 g/mol. The average Bonchev–Trinajstić information content (AvgIpc) is 2.00. The van der Waals surface area contributed by atoms with Crippen molar-refractivity contribution in [3.8, 4) is 0 Å². The number of nitrogens with zero attached hydrogens (tertiary/aromatic N) is 1. The van der Waals surface area contributed by atoms with Gasteiger partial charge in [-0.1, -0.05) is 0 Å². The van der Waals surface area contributed by atoms with E-state index >= 15 is 0 Å². The van der Waals surface area contributed by atoms with E-state index in [9.17, 15) is 9.59 Å². The van der Waals surface area contributed by atoms with Gasteiger partial charge in [-0.05, 0) is 0 Å². The Morgan fingerprint density at radius 3 is 2.50 bits per heavy atom. The Morgan fingerprint density at radius 1 is 1.33 bits per heavy atom. The molecular formula is C6H10NO5. The third kappa shape index (κ3) is 6.97. The molecule has 0 aromatic carbocycles. The maximum absolute atomic E-state index is 10.6. The number of hydrogen-bond donors (Lipinski definition) is 2. The van der Waals surface area contributed by atoms with Crippen molar-refractivity contribution < 1.29 is 24.5 Å². The van der Waals surface area contributed by atoms with Gasteiger partial charge in [-0.15, -0.1) is 0 Å². The Kier molecular flexibility index (Phi) is 5.94. The summed E-state index contributed by atoms with van der Waals surface area (Å²) < 4.78 is 4.40. The van der Waals surface area contributed by atoms with Crippen LogP contribution in [0.1, 0.15) is 0 Å². The van der Waals surface area contributed by atoms with Gasteiger partial charge in [0.1, 0.15) is 19.7 Å². The van der Waals surface area contributed by atoms with Gasteiger partial charge in [0.2, 0.25) is 0 Å². The molecule has 0 amide bonds. The van der Waals surface area contributed by atoms with Crippen LogP contribution in [0.5, 0.6) is 0 Å². The zero-order valence-corrected chi connectivity index (χ0v) is 6.39. The number of rotatable bonds is 6. The molecule has 0 heterocycles. The number of hydrogen-bond acceptors (Lipinski definition) is 4. The quantitative estimate of drug-likeness (QED) is 0.466. The predicted octanol–water partition coefficient (Wildman–Crippen LogP) is -1.79. The summed E-state index contributed by atoms with van der Waals surface area (Å²) in [6.07, 6.45) is 0. The van der Waals surface area contributed by atoms with E-state index in [0.717, 1.165) is 0 Å². The molecule has 0 unspecified atom stereocenters. The number of aliphatic hydroxyl groups excluding tert-OH is 1. The second-order valence-corrected chi connectivity index (χ2v) is 1.88. The molecule has 0 aliphatic heterocycles. The Hall–Kier alpha value is -1.14. The summed E-state index contributed by atoms with van der Waals surface area (Å²) in [5.74, 6) is -1.73. The molecule has 6 heteroatoms. The SMILES string of the molecule is O=C(O)C[N]CC(=O)OCCO. The lowest BCUT2D eigenvalue weighted by Gasteiger charge is -2.00. The first-order chi connectivity index (χ1) is 5.66. The van der Waals surface area contributed by atoms with E-state index in [1.165, 1.54) is 0 Å². The smallest absolute Gasteiger partial charge is 0.321 e. The van der Waals surface area contributed by atoms with Crippen molar-refractivity contribution in [1.29, 1.82) is 0 Å². The Bertz CT molecular complexity index is 158. The molecule has 6 nitrogen and oxygen atoms in total. The van der Waals surface area contributed by atoms with Gasteiger partial charge in [-0.3, -0.25) is 9.59 Å². The third-order valence-electron chi connectivity index (χ3n) is 0.842. The van der Waals surface area contributed by atoms with Crippen molar-refractivity contribution in [3.63, 3.8) is 0 Å². The van der Waals surface area contributed by atoms with Gasteiger partial charge in [-0.2, -0.15) is 0 Å². The van der Waals surface area contributed by atoms with Crippen molar-refractivity contribution in [1.82, 2.24) is 5.32 Å². The highest BCUT2D eigenvalue weighted by molar-refractivity contribution is 5.73. The van der Waals surface area contributed by atoms with Crippen molar-refractivity contribution in [2.45, 2.75) is 0 Å². The zero-order chi connectivity index (χ0) is 9.40. The summed E-state index contributed by atoms with van der Waals surface area (Å²) in [5, 5.41) is 19.7. The minimum atomic E-state index is -1.09. The van der Waals surface area contributed by atoms with E-state index < -0.39 is 18.5 Å². The lowest BCUT2D eigenvalue weighted by atomic mass is 10.6. The van der Waals surface area contributed by atoms with Crippen LogP contribution >= 0.6 is 0 Å². The third-order valence-corrected chi connectivity index (χ3v) is 0.842. The first-order valence-corrected chi connectivity index (χ1v) is 3.28. The van der Waals surface area contributed by atoms with E-state index in [2.05, 4.69) is 10.1 Å². The topological polar surface area (TPSA) is 97.9 Å². The minimum Gasteiger partial charge on any atom is -0.480 e.